The minimum Gasteiger partial charge on any atom is -0.461 e. The molecule has 3 saturated heterocycles. The molecule has 0 unspecified atom stereocenters. The van der Waals surface area contributed by atoms with Gasteiger partial charge in [0.1, 0.15) is 55.4 Å². The van der Waals surface area contributed by atoms with Gasteiger partial charge in [-0.3, -0.25) is 4.79 Å². The third-order valence-corrected chi connectivity index (χ3v) is 13.5. The molecule has 6 fully saturated rings. The Morgan fingerprint density at radius 1 is 0.837 bits per heavy atom. The largest absolute Gasteiger partial charge is 0.461 e. The lowest BCUT2D eigenvalue weighted by Gasteiger charge is -2.60. The van der Waals surface area contributed by atoms with Gasteiger partial charge >= 0.3 is 5.97 Å². The highest BCUT2D eigenvalue weighted by atomic mass is 16.7. The molecule has 16 atom stereocenters. The quantitative estimate of drug-likeness (QED) is 0.127. The van der Waals surface area contributed by atoms with Crippen LogP contribution in [0.25, 0.3) is 0 Å². The van der Waals surface area contributed by atoms with Crippen molar-refractivity contribution in [3.63, 3.8) is 0 Å². The molecule has 0 aromatic heterocycles. The molecule has 49 heavy (non-hydrogen) atoms. The molecule has 7 aliphatic rings. The number of hydrogen-bond donors (Lipinski definition) is 8. The summed E-state index contributed by atoms with van der Waals surface area (Å²) in [5.41, 5.74) is 2.06. The van der Waals surface area contributed by atoms with Crippen molar-refractivity contribution in [2.45, 2.75) is 145 Å². The number of fused-ring (bicyclic) bond motifs is 5. The fourth-order valence-corrected chi connectivity index (χ4v) is 10.6. The number of cyclic esters (lactones) is 1. The zero-order chi connectivity index (χ0) is 35.0. The number of aliphatic hydroxyl groups excluding tert-OH is 7. The van der Waals surface area contributed by atoms with Crippen molar-refractivity contribution in [2.75, 3.05) is 19.8 Å². The van der Waals surface area contributed by atoms with Crippen molar-refractivity contribution in [3.05, 3.63) is 22.8 Å². The van der Waals surface area contributed by atoms with Crippen LogP contribution in [0.4, 0.5) is 0 Å². The zero-order valence-electron chi connectivity index (χ0n) is 28.1. The van der Waals surface area contributed by atoms with Gasteiger partial charge < -0.3 is 64.5 Å². The van der Waals surface area contributed by atoms with Crippen molar-refractivity contribution in [2.24, 2.45) is 22.7 Å². The van der Waals surface area contributed by atoms with Crippen LogP contribution >= 0.6 is 0 Å². The molecular formula is C35H52O14. The fraction of sp³-hybridized carbons (Fsp3) is 0.857. The molecule has 14 heteroatoms. The summed E-state index contributed by atoms with van der Waals surface area (Å²) in [6.07, 6.45) is -6.93. The lowest BCUT2D eigenvalue weighted by atomic mass is 9.46. The van der Waals surface area contributed by atoms with Crippen molar-refractivity contribution >= 4 is 5.97 Å². The van der Waals surface area contributed by atoms with Gasteiger partial charge in [-0.25, -0.2) is 0 Å². The average Bonchev–Trinajstić information content (AvgIpc) is 3.63. The first kappa shape index (κ1) is 35.9. The molecule has 0 spiro atoms. The number of hydrogen-bond acceptors (Lipinski definition) is 14. The number of rotatable bonds is 6. The predicted molar refractivity (Wildman–Crippen MR) is 167 cm³/mol. The second-order valence-electron chi connectivity index (χ2n) is 15.8. The third kappa shape index (κ3) is 5.66. The normalized spacial score (nSPS) is 53.0. The predicted octanol–water partition coefficient (Wildman–Crippen LogP) is -0.683. The Bertz CT molecular complexity index is 1330. The van der Waals surface area contributed by atoms with E-state index in [-0.39, 0.29) is 29.3 Å². The van der Waals surface area contributed by atoms with Crippen molar-refractivity contribution in [3.8, 4) is 0 Å². The van der Waals surface area contributed by atoms with Crippen LogP contribution < -0.4 is 0 Å². The molecule has 3 heterocycles. The first-order chi connectivity index (χ1) is 23.3. The highest BCUT2D eigenvalue weighted by molar-refractivity contribution is 5.76. The van der Waals surface area contributed by atoms with Crippen LogP contribution in [0.3, 0.4) is 0 Å². The summed E-state index contributed by atoms with van der Waals surface area (Å²) in [6, 6.07) is 0. The van der Waals surface area contributed by atoms with E-state index in [9.17, 15) is 45.6 Å². The van der Waals surface area contributed by atoms with Gasteiger partial charge in [-0.2, -0.15) is 0 Å². The maximum Gasteiger partial charge on any atom is 0.310 e. The van der Waals surface area contributed by atoms with Crippen molar-refractivity contribution in [1.29, 1.82) is 0 Å². The minimum atomic E-state index is -1.76. The van der Waals surface area contributed by atoms with E-state index >= 15 is 0 Å². The van der Waals surface area contributed by atoms with Crippen LogP contribution in [0.1, 0.15) is 71.6 Å². The zero-order valence-corrected chi connectivity index (χ0v) is 28.1. The van der Waals surface area contributed by atoms with Gasteiger partial charge in [0.15, 0.2) is 12.6 Å². The summed E-state index contributed by atoms with van der Waals surface area (Å²) in [7, 11) is 0. The number of carbonyl (C=O) groups is 1. The van der Waals surface area contributed by atoms with Crippen LogP contribution in [-0.2, 0) is 28.5 Å². The summed E-state index contributed by atoms with van der Waals surface area (Å²) >= 11 is 0. The van der Waals surface area contributed by atoms with E-state index in [2.05, 4.69) is 19.9 Å². The molecular weight excluding hydrogens is 644 g/mol. The summed E-state index contributed by atoms with van der Waals surface area (Å²) < 4.78 is 28.6. The Labute approximate surface area is 285 Å². The summed E-state index contributed by atoms with van der Waals surface area (Å²) in [5.74, 6) is 0.140. The van der Waals surface area contributed by atoms with Gasteiger partial charge in [0.05, 0.1) is 31.3 Å². The van der Waals surface area contributed by atoms with Crippen molar-refractivity contribution in [1.82, 2.24) is 0 Å². The van der Waals surface area contributed by atoms with E-state index in [1.807, 2.05) is 0 Å². The number of carbonyl (C=O) groups excluding carboxylic acids is 1. The van der Waals surface area contributed by atoms with Gasteiger partial charge in [0.25, 0.3) is 0 Å². The Balaban J connectivity index is 1.05. The average molecular weight is 697 g/mol. The Morgan fingerprint density at radius 3 is 2.20 bits per heavy atom. The number of esters is 1. The van der Waals surface area contributed by atoms with Gasteiger partial charge in [-0.1, -0.05) is 31.1 Å². The molecule has 4 aliphatic carbocycles. The summed E-state index contributed by atoms with van der Waals surface area (Å²) in [4.78, 5) is 11.9. The monoisotopic (exact) mass is 696 g/mol. The molecule has 0 aromatic rings. The van der Waals surface area contributed by atoms with Gasteiger partial charge in [0, 0.05) is 5.41 Å². The molecule has 14 nitrogen and oxygen atoms in total. The van der Waals surface area contributed by atoms with Crippen LogP contribution in [0, 0.1) is 22.7 Å². The lowest BCUT2D eigenvalue weighted by molar-refractivity contribution is -0.364. The summed E-state index contributed by atoms with van der Waals surface area (Å²) in [6.45, 7) is 3.48. The van der Waals surface area contributed by atoms with Gasteiger partial charge in [0.2, 0.25) is 0 Å². The molecule has 276 valence electrons. The molecule has 0 amide bonds. The van der Waals surface area contributed by atoms with E-state index < -0.39 is 85.6 Å². The molecule has 0 aromatic carbocycles. The third-order valence-electron chi connectivity index (χ3n) is 13.5. The molecule has 7 rings (SSSR count). The lowest BCUT2D eigenvalue weighted by Crippen LogP contribution is -2.65. The van der Waals surface area contributed by atoms with E-state index in [1.165, 1.54) is 11.1 Å². The summed E-state index contributed by atoms with van der Waals surface area (Å²) in [5, 5.41) is 85.0. The standard InChI is InChI=1S/C35H52O14/c1-33-8-5-18(46-32-29(43)30(26(40)23(14-37)48-32)49-31-28(42)27(41)25(39)22(13-36)47-31)12-17(33)3-4-21-20(33)6-9-34(2)19(7-10-35(21,34)44)16-11-24(38)45-15-16/h3,18,20-23,25-32,36-37,39-44H,4-15H2,1-2H3/b19-16+/t18-,20+,21-,22+,23-,25-,26-,27+,28-,29-,30+,31-,32-,33+,34-,35-/m0/s1. The minimum absolute atomic E-state index is 0.0733. The first-order valence-electron chi connectivity index (χ1n) is 17.8. The SMILES string of the molecule is C[C@@]12CC[C@@H]3[C@H](CC=C4C[C@@H](O[C@H]5O[C@@H](CO)[C@H](O)[C@@H](O[C@@H]6O[C@H](CO)[C@H](O)[C@@H](O)[C@@H]6O)[C@@H]5O)CC[C@]43C)[C@@]1(O)CC/C2=C1\COC(=O)C1. The molecule has 8 N–H and O–H groups in total. The van der Waals surface area contributed by atoms with Gasteiger partial charge in [-0.15, -0.1) is 0 Å². The first-order valence-corrected chi connectivity index (χ1v) is 17.8. The van der Waals surface area contributed by atoms with Crippen molar-refractivity contribution < 1.29 is 69.3 Å². The Kier molecular flexibility index (Phi) is 9.62. The van der Waals surface area contributed by atoms with E-state index in [0.29, 0.717) is 32.3 Å². The van der Waals surface area contributed by atoms with Crippen LogP contribution in [0.15, 0.2) is 22.8 Å². The Morgan fingerprint density at radius 2 is 1.53 bits per heavy atom. The molecule has 0 bridgehead atoms. The number of ether oxygens (including phenoxy) is 5. The topological polar surface area (TPSA) is 225 Å². The second kappa shape index (κ2) is 13.2. The van der Waals surface area contributed by atoms with Gasteiger partial charge in [-0.05, 0) is 74.2 Å². The Hall–Kier alpha value is -1.53. The van der Waals surface area contributed by atoms with Crippen LogP contribution in [0.5, 0.6) is 0 Å². The van der Waals surface area contributed by atoms with E-state index in [1.54, 1.807) is 0 Å². The molecule has 0 radical (unpaired) electrons. The fourth-order valence-electron chi connectivity index (χ4n) is 10.6. The maximum atomic E-state index is 12.5. The highest BCUT2D eigenvalue weighted by Gasteiger charge is 2.65. The number of aliphatic hydroxyl groups is 8. The second-order valence-corrected chi connectivity index (χ2v) is 15.8. The highest BCUT2D eigenvalue weighted by Crippen LogP contribution is 2.68. The molecule has 3 aliphatic heterocycles. The smallest absolute Gasteiger partial charge is 0.310 e. The van der Waals surface area contributed by atoms with E-state index in [4.69, 9.17) is 23.7 Å². The molecule has 3 saturated carbocycles. The van der Waals surface area contributed by atoms with Crippen LogP contribution in [-0.4, -0.2) is 140 Å². The maximum absolute atomic E-state index is 12.5. The number of allylic oxidation sites excluding steroid dienone is 1. The van der Waals surface area contributed by atoms with Crippen LogP contribution in [0.2, 0.25) is 0 Å². The van der Waals surface area contributed by atoms with E-state index in [0.717, 1.165) is 37.7 Å².